The number of amides is 1. The van der Waals surface area contributed by atoms with Gasteiger partial charge in [-0.05, 0) is 47.9 Å². The first kappa shape index (κ1) is 23.7. The van der Waals surface area contributed by atoms with Crippen LogP contribution in [0.5, 0.6) is 11.5 Å². The van der Waals surface area contributed by atoms with Crippen LogP contribution in [0.25, 0.3) is 0 Å². The lowest BCUT2D eigenvalue weighted by Crippen LogP contribution is -2.30. The first-order chi connectivity index (χ1) is 14.3. The smallest absolute Gasteiger partial charge is 0.243 e. The highest BCUT2D eigenvalue weighted by Gasteiger charge is 2.21. The fraction of sp³-hybridized carbons (Fsp3) is 0.409. The number of rotatable bonds is 11. The molecule has 2 aromatic carbocycles. The van der Waals surface area contributed by atoms with Crippen molar-refractivity contribution >= 4 is 15.9 Å². The van der Waals surface area contributed by atoms with Gasteiger partial charge in [0.05, 0.1) is 19.1 Å². The Morgan fingerprint density at radius 3 is 2.23 bits per heavy atom. The Morgan fingerprint density at radius 1 is 1.00 bits per heavy atom. The number of ether oxygens (including phenoxy) is 2. The van der Waals surface area contributed by atoms with Gasteiger partial charge in [0.15, 0.2) is 0 Å². The SMILES string of the molecule is CCN(CC)S(=O)(=O)c1ccc(CNC(=O)CCc2cc(OC)ccc2OC)cc1. The van der Waals surface area contributed by atoms with Gasteiger partial charge in [0.1, 0.15) is 11.5 Å². The third-order valence-electron chi connectivity index (χ3n) is 4.87. The number of nitrogens with one attached hydrogen (secondary N) is 1. The number of hydrogen-bond donors (Lipinski definition) is 1. The maximum atomic E-state index is 12.5. The highest BCUT2D eigenvalue weighted by molar-refractivity contribution is 7.89. The minimum atomic E-state index is -3.48. The van der Waals surface area contributed by atoms with E-state index in [2.05, 4.69) is 5.32 Å². The van der Waals surface area contributed by atoms with Crippen LogP contribution in [0.3, 0.4) is 0 Å². The molecule has 1 amide bonds. The van der Waals surface area contributed by atoms with Crippen LogP contribution >= 0.6 is 0 Å². The molecule has 1 N–H and O–H groups in total. The summed E-state index contributed by atoms with van der Waals surface area (Å²) in [6.45, 7) is 4.81. The van der Waals surface area contributed by atoms with Crippen LogP contribution in [0.1, 0.15) is 31.4 Å². The number of benzene rings is 2. The zero-order valence-corrected chi connectivity index (χ0v) is 18.8. The second kappa shape index (κ2) is 11.0. The Balaban J connectivity index is 1.93. The van der Waals surface area contributed by atoms with Crippen LogP contribution in [0.4, 0.5) is 0 Å². The number of carbonyl (C=O) groups excluding carboxylic acids is 1. The quantitative estimate of drug-likeness (QED) is 0.588. The number of sulfonamides is 1. The molecule has 0 atom stereocenters. The molecule has 0 spiro atoms. The molecule has 0 heterocycles. The van der Waals surface area contributed by atoms with E-state index in [4.69, 9.17) is 9.47 Å². The third-order valence-corrected chi connectivity index (χ3v) is 6.93. The number of aryl methyl sites for hydroxylation is 1. The molecule has 0 aliphatic carbocycles. The average molecular weight is 435 g/mol. The monoisotopic (exact) mass is 434 g/mol. The first-order valence-electron chi connectivity index (χ1n) is 9.92. The molecule has 0 unspecified atom stereocenters. The summed E-state index contributed by atoms with van der Waals surface area (Å²) >= 11 is 0. The van der Waals surface area contributed by atoms with E-state index in [1.165, 1.54) is 4.31 Å². The van der Waals surface area contributed by atoms with Crippen molar-refractivity contribution in [1.29, 1.82) is 0 Å². The van der Waals surface area contributed by atoms with Gasteiger partial charge in [0, 0.05) is 26.1 Å². The van der Waals surface area contributed by atoms with Gasteiger partial charge < -0.3 is 14.8 Å². The maximum Gasteiger partial charge on any atom is 0.243 e. The highest BCUT2D eigenvalue weighted by atomic mass is 32.2. The standard InChI is InChI=1S/C22H30N2O5S/c1-5-24(6-2)30(26,27)20-11-7-17(8-12-20)16-23-22(25)14-9-18-15-19(28-3)10-13-21(18)29-4/h7-8,10-13,15H,5-6,9,14,16H2,1-4H3,(H,23,25). The molecule has 0 bridgehead atoms. The second-order valence-electron chi connectivity index (χ2n) is 6.69. The van der Waals surface area contributed by atoms with Crippen LogP contribution in [0.15, 0.2) is 47.4 Å². The van der Waals surface area contributed by atoms with E-state index in [9.17, 15) is 13.2 Å². The summed E-state index contributed by atoms with van der Waals surface area (Å²) in [5.41, 5.74) is 1.73. The molecule has 8 heteroatoms. The molecule has 0 aliphatic rings. The molecule has 0 saturated carbocycles. The lowest BCUT2D eigenvalue weighted by atomic mass is 10.1. The van der Waals surface area contributed by atoms with Crippen molar-refractivity contribution in [3.63, 3.8) is 0 Å². The van der Waals surface area contributed by atoms with Crippen molar-refractivity contribution in [2.75, 3.05) is 27.3 Å². The largest absolute Gasteiger partial charge is 0.497 e. The summed E-state index contributed by atoms with van der Waals surface area (Å²) in [6.07, 6.45) is 0.825. The Morgan fingerprint density at radius 2 is 1.67 bits per heavy atom. The number of methoxy groups -OCH3 is 2. The number of hydrogen-bond acceptors (Lipinski definition) is 5. The summed E-state index contributed by atoms with van der Waals surface area (Å²) < 4.78 is 37.0. The van der Waals surface area contributed by atoms with E-state index in [1.807, 2.05) is 32.0 Å². The van der Waals surface area contributed by atoms with Gasteiger partial charge in [0.2, 0.25) is 15.9 Å². The normalized spacial score (nSPS) is 11.4. The van der Waals surface area contributed by atoms with Crippen molar-refractivity contribution in [3.8, 4) is 11.5 Å². The van der Waals surface area contributed by atoms with Crippen molar-refractivity contribution < 1.29 is 22.7 Å². The molecule has 0 aliphatic heterocycles. The van der Waals surface area contributed by atoms with Crippen LogP contribution in [0.2, 0.25) is 0 Å². The molecular weight excluding hydrogens is 404 g/mol. The van der Waals surface area contributed by atoms with E-state index in [1.54, 1.807) is 38.5 Å². The number of carbonyl (C=O) groups is 1. The Bertz CT molecular complexity index is 939. The van der Waals surface area contributed by atoms with E-state index in [0.717, 1.165) is 11.1 Å². The van der Waals surface area contributed by atoms with E-state index in [0.29, 0.717) is 44.0 Å². The van der Waals surface area contributed by atoms with Gasteiger partial charge in [-0.3, -0.25) is 4.79 Å². The van der Waals surface area contributed by atoms with Crippen LogP contribution in [-0.4, -0.2) is 45.9 Å². The fourth-order valence-electron chi connectivity index (χ4n) is 3.11. The molecule has 2 rings (SSSR count). The molecule has 164 valence electrons. The third kappa shape index (κ3) is 5.96. The van der Waals surface area contributed by atoms with E-state index < -0.39 is 10.0 Å². The molecule has 0 aromatic heterocycles. The molecule has 7 nitrogen and oxygen atoms in total. The Kier molecular flexibility index (Phi) is 8.68. The average Bonchev–Trinajstić information content (AvgIpc) is 2.76. The summed E-state index contributed by atoms with van der Waals surface area (Å²) in [7, 11) is -0.290. The molecule has 0 radical (unpaired) electrons. The second-order valence-corrected chi connectivity index (χ2v) is 8.63. The summed E-state index contributed by atoms with van der Waals surface area (Å²) in [5.74, 6) is 1.33. The molecule has 0 fully saturated rings. The van der Waals surface area contributed by atoms with Gasteiger partial charge in [-0.15, -0.1) is 0 Å². The molecule has 30 heavy (non-hydrogen) atoms. The lowest BCUT2D eigenvalue weighted by molar-refractivity contribution is -0.121. The topological polar surface area (TPSA) is 84.9 Å². The lowest BCUT2D eigenvalue weighted by Gasteiger charge is -2.18. The van der Waals surface area contributed by atoms with Crippen LogP contribution in [0, 0.1) is 0 Å². The highest BCUT2D eigenvalue weighted by Crippen LogP contribution is 2.25. The van der Waals surface area contributed by atoms with Gasteiger partial charge in [-0.2, -0.15) is 4.31 Å². The summed E-state index contributed by atoms with van der Waals surface area (Å²) in [4.78, 5) is 12.5. The summed E-state index contributed by atoms with van der Waals surface area (Å²) in [5, 5.41) is 2.87. The van der Waals surface area contributed by atoms with Gasteiger partial charge in [-0.25, -0.2) is 8.42 Å². The van der Waals surface area contributed by atoms with Crippen LogP contribution < -0.4 is 14.8 Å². The molecule has 2 aromatic rings. The minimum Gasteiger partial charge on any atom is -0.497 e. The Labute approximate surface area is 179 Å². The predicted molar refractivity (Wildman–Crippen MR) is 116 cm³/mol. The summed E-state index contributed by atoms with van der Waals surface area (Å²) in [6, 6.07) is 12.1. The molecular formula is C22H30N2O5S. The fourth-order valence-corrected chi connectivity index (χ4v) is 4.56. The van der Waals surface area contributed by atoms with Crippen molar-refractivity contribution in [2.24, 2.45) is 0 Å². The minimum absolute atomic E-state index is 0.0975. The molecule has 0 saturated heterocycles. The van der Waals surface area contributed by atoms with Crippen molar-refractivity contribution in [2.45, 2.75) is 38.1 Å². The van der Waals surface area contributed by atoms with Gasteiger partial charge in [0.25, 0.3) is 0 Å². The Hall–Kier alpha value is -2.58. The zero-order valence-electron chi connectivity index (χ0n) is 18.0. The zero-order chi connectivity index (χ0) is 22.1. The first-order valence-corrected chi connectivity index (χ1v) is 11.4. The van der Waals surface area contributed by atoms with E-state index in [-0.39, 0.29) is 10.8 Å². The van der Waals surface area contributed by atoms with Gasteiger partial charge >= 0.3 is 0 Å². The van der Waals surface area contributed by atoms with Crippen molar-refractivity contribution in [1.82, 2.24) is 9.62 Å². The van der Waals surface area contributed by atoms with E-state index >= 15 is 0 Å². The maximum absolute atomic E-state index is 12.5. The van der Waals surface area contributed by atoms with Crippen molar-refractivity contribution in [3.05, 3.63) is 53.6 Å². The van der Waals surface area contributed by atoms with Crippen LogP contribution in [-0.2, 0) is 27.8 Å². The number of nitrogens with zero attached hydrogens (tertiary/aromatic N) is 1. The predicted octanol–water partition coefficient (Wildman–Crippen LogP) is 2.98. The van der Waals surface area contributed by atoms with Gasteiger partial charge in [-0.1, -0.05) is 26.0 Å².